The minimum Gasteiger partial charge on any atom is -0.292 e. The number of nitrogens with zero attached hydrogens (tertiary/aromatic N) is 7. The van der Waals surface area contributed by atoms with E-state index in [1.165, 1.54) is 38.5 Å². The second-order valence-corrected chi connectivity index (χ2v) is 6.70. The van der Waals surface area contributed by atoms with E-state index in [2.05, 4.69) is 36.3 Å². The molecule has 0 saturated carbocycles. The Morgan fingerprint density at radius 2 is 2.15 bits per heavy atom. The van der Waals surface area contributed by atoms with E-state index < -0.39 is 5.82 Å². The van der Waals surface area contributed by atoms with E-state index in [0.29, 0.717) is 27.0 Å². The largest absolute Gasteiger partial charge is 0.292 e. The summed E-state index contributed by atoms with van der Waals surface area (Å²) in [6.07, 6.45) is 3.07. The molecule has 0 N–H and O–H groups in total. The third-order valence-corrected chi connectivity index (χ3v) is 4.65. The highest BCUT2D eigenvalue weighted by molar-refractivity contribution is 9.10. The molecule has 0 radical (unpaired) electrons. The summed E-state index contributed by atoms with van der Waals surface area (Å²) < 4.78 is 18.1. The first-order chi connectivity index (χ1) is 12.4. The van der Waals surface area contributed by atoms with E-state index in [4.69, 9.17) is 11.6 Å². The maximum absolute atomic E-state index is 13.3. The van der Waals surface area contributed by atoms with E-state index in [-0.39, 0.29) is 17.1 Å². The van der Waals surface area contributed by atoms with Crippen molar-refractivity contribution in [2.24, 2.45) is 7.05 Å². The van der Waals surface area contributed by atoms with Crippen molar-refractivity contribution in [3.05, 3.63) is 62.2 Å². The highest BCUT2D eigenvalue weighted by Crippen LogP contribution is 2.19. The number of halogens is 3. The fourth-order valence-corrected chi connectivity index (χ4v) is 3.31. The van der Waals surface area contributed by atoms with Crippen molar-refractivity contribution in [2.45, 2.75) is 6.54 Å². The third kappa shape index (κ3) is 2.80. The molecule has 8 nitrogen and oxygen atoms in total. The van der Waals surface area contributed by atoms with Crippen LogP contribution in [0.15, 0.2) is 40.1 Å². The molecule has 3 aromatic heterocycles. The Kier molecular flexibility index (Phi) is 4.08. The van der Waals surface area contributed by atoms with Gasteiger partial charge in [0.15, 0.2) is 5.65 Å². The minimum absolute atomic E-state index is 0.00755. The molecular weight excluding hydrogens is 429 g/mol. The summed E-state index contributed by atoms with van der Waals surface area (Å²) in [6.45, 7) is 0.179. The van der Waals surface area contributed by atoms with Crippen molar-refractivity contribution < 1.29 is 4.39 Å². The molecule has 0 spiro atoms. The van der Waals surface area contributed by atoms with Gasteiger partial charge in [-0.2, -0.15) is 5.10 Å². The van der Waals surface area contributed by atoms with Gasteiger partial charge in [0.25, 0.3) is 5.56 Å². The Labute approximate surface area is 159 Å². The fourth-order valence-electron chi connectivity index (χ4n) is 2.55. The quantitative estimate of drug-likeness (QED) is 0.490. The summed E-state index contributed by atoms with van der Waals surface area (Å²) >= 11 is 9.07. The number of benzene rings is 1. The van der Waals surface area contributed by atoms with Gasteiger partial charge >= 0.3 is 0 Å². The summed E-state index contributed by atoms with van der Waals surface area (Å²) in [7, 11) is 1.71. The molecule has 0 aliphatic heterocycles. The highest BCUT2D eigenvalue weighted by Gasteiger charge is 2.14. The van der Waals surface area contributed by atoms with Gasteiger partial charge < -0.3 is 0 Å². The Balaban J connectivity index is 1.68. The smallest absolute Gasteiger partial charge is 0.266 e. The van der Waals surface area contributed by atoms with Gasteiger partial charge in [0.2, 0.25) is 0 Å². The number of fused-ring (bicyclic) bond motifs is 1. The van der Waals surface area contributed by atoms with Crippen LogP contribution in [-0.2, 0) is 13.6 Å². The molecule has 132 valence electrons. The number of hydrogen-bond acceptors (Lipinski definition) is 5. The van der Waals surface area contributed by atoms with E-state index >= 15 is 0 Å². The average molecular weight is 439 g/mol. The van der Waals surface area contributed by atoms with Gasteiger partial charge in [-0.15, -0.1) is 5.10 Å². The first-order valence-electron chi connectivity index (χ1n) is 7.38. The van der Waals surface area contributed by atoms with Gasteiger partial charge in [-0.25, -0.2) is 18.7 Å². The summed E-state index contributed by atoms with van der Waals surface area (Å²) in [5, 5.41) is 12.6. The number of hydrogen-bond donors (Lipinski definition) is 0. The standard InChI is InChI=1S/C15H10BrClFN7O/c1-23-14-12(13(16)21-23)15(26)24(7-19-14)5-8-6-25(22-20-8)9-2-3-11(18)10(17)4-9/h2-4,6-7H,5H2,1H3. The highest BCUT2D eigenvalue weighted by atomic mass is 79.9. The maximum atomic E-state index is 13.3. The molecule has 0 amide bonds. The van der Waals surface area contributed by atoms with Crippen LogP contribution in [0.5, 0.6) is 0 Å². The molecule has 11 heteroatoms. The van der Waals surface area contributed by atoms with Crippen molar-refractivity contribution in [2.75, 3.05) is 0 Å². The van der Waals surface area contributed by atoms with Crippen LogP contribution < -0.4 is 5.56 Å². The van der Waals surface area contributed by atoms with Crippen LogP contribution in [-0.4, -0.2) is 34.3 Å². The van der Waals surface area contributed by atoms with Crippen LogP contribution in [0.25, 0.3) is 16.7 Å². The van der Waals surface area contributed by atoms with E-state index in [1.807, 2.05) is 0 Å². The molecule has 26 heavy (non-hydrogen) atoms. The summed E-state index contributed by atoms with van der Waals surface area (Å²) in [5.41, 5.74) is 1.34. The topological polar surface area (TPSA) is 83.4 Å². The zero-order chi connectivity index (χ0) is 18.4. The summed E-state index contributed by atoms with van der Waals surface area (Å²) in [4.78, 5) is 16.9. The zero-order valence-corrected chi connectivity index (χ0v) is 15.6. The molecule has 0 atom stereocenters. The number of rotatable bonds is 3. The second-order valence-electron chi connectivity index (χ2n) is 5.54. The average Bonchev–Trinajstić information content (AvgIpc) is 3.18. The van der Waals surface area contributed by atoms with Gasteiger partial charge in [0.1, 0.15) is 27.8 Å². The lowest BCUT2D eigenvalue weighted by molar-refractivity contribution is 0.627. The Hall–Kier alpha value is -2.59. The van der Waals surface area contributed by atoms with Gasteiger partial charge in [-0.05, 0) is 34.1 Å². The van der Waals surface area contributed by atoms with Crippen LogP contribution >= 0.6 is 27.5 Å². The van der Waals surface area contributed by atoms with Crippen molar-refractivity contribution in [1.29, 1.82) is 0 Å². The lowest BCUT2D eigenvalue weighted by Gasteiger charge is -2.03. The normalized spacial score (nSPS) is 11.4. The van der Waals surface area contributed by atoms with Gasteiger partial charge in [0.05, 0.1) is 23.5 Å². The Bertz CT molecular complexity index is 1200. The molecule has 4 rings (SSSR count). The molecule has 0 fully saturated rings. The molecule has 0 bridgehead atoms. The van der Waals surface area contributed by atoms with Crippen molar-refractivity contribution in [3.63, 3.8) is 0 Å². The van der Waals surface area contributed by atoms with Crippen LogP contribution in [0.2, 0.25) is 5.02 Å². The van der Waals surface area contributed by atoms with Crippen molar-refractivity contribution in [3.8, 4) is 5.69 Å². The molecule has 0 aliphatic carbocycles. The molecular formula is C15H10BrClFN7O. The number of aryl methyl sites for hydroxylation is 1. The lowest BCUT2D eigenvalue weighted by Crippen LogP contribution is -2.21. The molecule has 0 unspecified atom stereocenters. The van der Waals surface area contributed by atoms with E-state index in [0.717, 1.165) is 0 Å². The Morgan fingerprint density at radius 1 is 1.35 bits per heavy atom. The molecule has 4 aromatic rings. The molecule has 3 heterocycles. The lowest BCUT2D eigenvalue weighted by atomic mass is 10.3. The minimum atomic E-state index is -0.510. The monoisotopic (exact) mass is 437 g/mol. The first-order valence-corrected chi connectivity index (χ1v) is 8.55. The van der Waals surface area contributed by atoms with Gasteiger partial charge in [0, 0.05) is 7.05 Å². The third-order valence-electron chi connectivity index (χ3n) is 3.81. The van der Waals surface area contributed by atoms with E-state index in [9.17, 15) is 9.18 Å². The van der Waals surface area contributed by atoms with Crippen LogP contribution in [0.1, 0.15) is 5.69 Å². The zero-order valence-electron chi connectivity index (χ0n) is 13.3. The van der Waals surface area contributed by atoms with Gasteiger partial charge in [-0.3, -0.25) is 9.36 Å². The molecule has 1 aromatic carbocycles. The summed E-state index contributed by atoms with van der Waals surface area (Å²) in [5.74, 6) is -0.510. The van der Waals surface area contributed by atoms with Crippen molar-refractivity contribution in [1.82, 2.24) is 34.3 Å². The van der Waals surface area contributed by atoms with E-state index in [1.54, 1.807) is 13.2 Å². The predicted molar refractivity (Wildman–Crippen MR) is 95.9 cm³/mol. The fraction of sp³-hybridized carbons (Fsp3) is 0.133. The van der Waals surface area contributed by atoms with Crippen LogP contribution in [0.3, 0.4) is 0 Å². The first kappa shape index (κ1) is 16.9. The van der Waals surface area contributed by atoms with Crippen LogP contribution in [0.4, 0.5) is 4.39 Å². The summed E-state index contributed by atoms with van der Waals surface area (Å²) in [6, 6.07) is 4.23. The molecule has 0 aliphatic rings. The van der Waals surface area contributed by atoms with Crippen LogP contribution in [0, 0.1) is 5.82 Å². The number of aromatic nitrogens is 7. The maximum Gasteiger partial charge on any atom is 0.266 e. The SMILES string of the molecule is Cn1nc(Br)c2c(=O)n(Cc3cn(-c4ccc(F)c(Cl)c4)nn3)cnc21. The van der Waals surface area contributed by atoms with Gasteiger partial charge in [-0.1, -0.05) is 16.8 Å². The molecule has 0 saturated heterocycles. The second kappa shape index (κ2) is 6.29. The van der Waals surface area contributed by atoms with Crippen molar-refractivity contribution >= 4 is 38.6 Å². The Morgan fingerprint density at radius 3 is 2.92 bits per heavy atom. The predicted octanol–water partition coefficient (Wildman–Crippen LogP) is 2.31.